The van der Waals surface area contributed by atoms with E-state index in [-0.39, 0.29) is 24.3 Å². The van der Waals surface area contributed by atoms with Crippen LogP contribution in [0.15, 0.2) is 42.5 Å². The summed E-state index contributed by atoms with van der Waals surface area (Å²) in [5.41, 5.74) is 1.65. The van der Waals surface area contributed by atoms with Crippen molar-refractivity contribution >= 4 is 34.9 Å². The second-order valence-electron chi connectivity index (χ2n) is 5.29. The van der Waals surface area contributed by atoms with Crippen LogP contribution in [-0.4, -0.2) is 23.9 Å². The lowest BCUT2D eigenvalue weighted by Crippen LogP contribution is -2.30. The first kappa shape index (κ1) is 17.7. The van der Waals surface area contributed by atoms with Crippen LogP contribution in [0, 0.1) is 5.82 Å². The summed E-state index contributed by atoms with van der Waals surface area (Å²) in [7, 11) is 1.60. The molecule has 0 saturated carbocycles. The van der Waals surface area contributed by atoms with Gasteiger partial charge in [-0.3, -0.25) is 4.79 Å². The fourth-order valence-electron chi connectivity index (χ4n) is 2.08. The average Bonchev–Trinajstić information content (AvgIpc) is 2.49. The Balaban J connectivity index is 2.00. The first-order chi connectivity index (χ1) is 11.3. The van der Waals surface area contributed by atoms with E-state index in [4.69, 9.17) is 11.6 Å². The summed E-state index contributed by atoms with van der Waals surface area (Å²) >= 11 is 6.06. The Morgan fingerprint density at radius 1 is 1.17 bits per heavy atom. The topological polar surface area (TPSA) is 61.4 Å². The smallest absolute Gasteiger partial charge is 0.321 e. The minimum Gasteiger partial charge on any atom is -0.325 e. The average molecular weight is 350 g/mol. The Kier molecular flexibility index (Phi) is 5.76. The number of halogens is 2. The van der Waals surface area contributed by atoms with Gasteiger partial charge in [-0.1, -0.05) is 23.7 Å². The zero-order valence-electron chi connectivity index (χ0n) is 13.3. The minimum atomic E-state index is -0.359. The lowest BCUT2D eigenvalue weighted by molar-refractivity contribution is -0.114. The minimum absolute atomic E-state index is 0.233. The molecule has 2 aromatic carbocycles. The van der Waals surface area contributed by atoms with E-state index >= 15 is 0 Å². The molecule has 2 rings (SSSR count). The van der Waals surface area contributed by atoms with Crippen molar-refractivity contribution in [1.82, 2.24) is 4.90 Å². The van der Waals surface area contributed by atoms with Crippen LogP contribution in [0.2, 0.25) is 5.02 Å². The molecule has 0 radical (unpaired) electrons. The molecular weight excluding hydrogens is 333 g/mol. The van der Waals surface area contributed by atoms with E-state index in [0.717, 1.165) is 0 Å². The van der Waals surface area contributed by atoms with Gasteiger partial charge in [-0.05, 0) is 35.9 Å². The molecule has 0 fully saturated rings. The number of nitrogens with zero attached hydrogens (tertiary/aromatic N) is 1. The van der Waals surface area contributed by atoms with Gasteiger partial charge in [0.1, 0.15) is 5.82 Å². The van der Waals surface area contributed by atoms with Gasteiger partial charge in [-0.25, -0.2) is 9.18 Å². The monoisotopic (exact) mass is 349 g/mol. The lowest BCUT2D eigenvalue weighted by atomic mass is 10.2. The van der Waals surface area contributed by atoms with Crippen molar-refractivity contribution in [3.05, 3.63) is 58.9 Å². The summed E-state index contributed by atoms with van der Waals surface area (Å²) in [6.07, 6.45) is 0. The summed E-state index contributed by atoms with van der Waals surface area (Å²) in [4.78, 5) is 24.6. The van der Waals surface area contributed by atoms with Gasteiger partial charge < -0.3 is 15.5 Å². The number of amides is 3. The van der Waals surface area contributed by atoms with Crippen molar-refractivity contribution in [1.29, 1.82) is 0 Å². The quantitative estimate of drug-likeness (QED) is 0.872. The lowest BCUT2D eigenvalue weighted by Gasteiger charge is -2.18. The van der Waals surface area contributed by atoms with Crippen LogP contribution in [0.25, 0.3) is 0 Å². The van der Waals surface area contributed by atoms with E-state index in [1.54, 1.807) is 37.4 Å². The zero-order valence-corrected chi connectivity index (χ0v) is 14.0. The van der Waals surface area contributed by atoms with E-state index in [0.29, 0.717) is 22.0 Å². The Bertz CT molecular complexity index is 767. The maximum atomic E-state index is 13.2. The standard InChI is InChI=1S/C17H17ClFN3O2/c1-11(23)20-16-7-6-14(9-15(16)18)21-17(24)22(2)10-12-4-3-5-13(19)8-12/h3-9H,10H2,1-2H3,(H,20,23)(H,21,24). The number of nitrogens with one attached hydrogen (secondary N) is 2. The molecule has 2 aromatic rings. The van der Waals surface area contributed by atoms with Gasteiger partial charge in [0.15, 0.2) is 0 Å². The summed E-state index contributed by atoms with van der Waals surface area (Å²) in [5.74, 6) is -0.579. The van der Waals surface area contributed by atoms with Crippen molar-refractivity contribution in [3.63, 3.8) is 0 Å². The third kappa shape index (κ3) is 4.96. The van der Waals surface area contributed by atoms with Gasteiger partial charge in [0.25, 0.3) is 0 Å². The van der Waals surface area contributed by atoms with Gasteiger partial charge in [0.2, 0.25) is 5.91 Å². The van der Waals surface area contributed by atoms with Crippen LogP contribution >= 0.6 is 11.6 Å². The summed E-state index contributed by atoms with van der Waals surface area (Å²) < 4.78 is 13.2. The normalized spacial score (nSPS) is 10.2. The van der Waals surface area contributed by atoms with Crippen LogP contribution in [0.4, 0.5) is 20.6 Å². The molecule has 0 unspecified atom stereocenters. The predicted octanol–water partition coefficient (Wildman–Crippen LogP) is 4.10. The van der Waals surface area contributed by atoms with Crippen LogP contribution in [-0.2, 0) is 11.3 Å². The van der Waals surface area contributed by atoms with Gasteiger partial charge in [-0.15, -0.1) is 0 Å². The molecular formula is C17H17ClFN3O2. The van der Waals surface area contributed by atoms with Gasteiger partial charge in [-0.2, -0.15) is 0 Å². The second-order valence-corrected chi connectivity index (χ2v) is 5.70. The van der Waals surface area contributed by atoms with Crippen molar-refractivity contribution in [2.24, 2.45) is 0 Å². The van der Waals surface area contributed by atoms with Crippen LogP contribution in [0.5, 0.6) is 0 Å². The highest BCUT2D eigenvalue weighted by molar-refractivity contribution is 6.34. The number of hydrogen-bond donors (Lipinski definition) is 2. The van der Waals surface area contributed by atoms with Gasteiger partial charge in [0.05, 0.1) is 10.7 Å². The molecule has 24 heavy (non-hydrogen) atoms. The van der Waals surface area contributed by atoms with Crippen LogP contribution in [0.3, 0.4) is 0 Å². The highest BCUT2D eigenvalue weighted by Gasteiger charge is 2.11. The molecule has 0 aliphatic rings. The molecule has 7 heteroatoms. The molecule has 126 valence electrons. The highest BCUT2D eigenvalue weighted by Crippen LogP contribution is 2.25. The number of anilines is 2. The molecule has 0 spiro atoms. The van der Waals surface area contributed by atoms with E-state index < -0.39 is 0 Å². The number of carbonyl (C=O) groups is 2. The first-order valence-electron chi connectivity index (χ1n) is 7.19. The molecule has 3 amide bonds. The Morgan fingerprint density at radius 3 is 2.54 bits per heavy atom. The van der Waals surface area contributed by atoms with E-state index in [2.05, 4.69) is 10.6 Å². The molecule has 0 heterocycles. The Morgan fingerprint density at radius 2 is 1.92 bits per heavy atom. The van der Waals surface area contributed by atoms with Crippen molar-refractivity contribution in [3.8, 4) is 0 Å². The van der Waals surface area contributed by atoms with Crippen molar-refractivity contribution < 1.29 is 14.0 Å². The number of benzene rings is 2. The maximum absolute atomic E-state index is 13.2. The van der Waals surface area contributed by atoms with Gasteiger partial charge >= 0.3 is 6.03 Å². The summed E-state index contributed by atoms with van der Waals surface area (Å²) in [5, 5.41) is 5.59. The van der Waals surface area contributed by atoms with Gasteiger partial charge in [0, 0.05) is 26.2 Å². The van der Waals surface area contributed by atoms with Crippen molar-refractivity contribution in [2.75, 3.05) is 17.7 Å². The second kappa shape index (κ2) is 7.79. The molecule has 0 aromatic heterocycles. The molecule has 0 bridgehead atoms. The Hall–Kier alpha value is -2.60. The zero-order chi connectivity index (χ0) is 17.7. The number of rotatable bonds is 4. The third-order valence-corrected chi connectivity index (χ3v) is 3.50. The fourth-order valence-corrected chi connectivity index (χ4v) is 2.31. The molecule has 0 atom stereocenters. The van der Waals surface area contributed by atoms with E-state index in [9.17, 15) is 14.0 Å². The number of hydrogen-bond acceptors (Lipinski definition) is 2. The fraction of sp³-hybridized carbons (Fsp3) is 0.176. The molecule has 0 saturated heterocycles. The molecule has 5 nitrogen and oxygen atoms in total. The highest BCUT2D eigenvalue weighted by atomic mass is 35.5. The molecule has 0 aliphatic carbocycles. The predicted molar refractivity (Wildman–Crippen MR) is 92.6 cm³/mol. The van der Waals surface area contributed by atoms with E-state index in [1.807, 2.05) is 0 Å². The Labute approximate surface area is 144 Å². The summed E-state index contributed by atoms with van der Waals surface area (Å²) in [6, 6.07) is 10.5. The van der Waals surface area contributed by atoms with Crippen LogP contribution in [0.1, 0.15) is 12.5 Å². The maximum Gasteiger partial charge on any atom is 0.321 e. The summed E-state index contributed by atoms with van der Waals surface area (Å²) in [6.45, 7) is 1.65. The number of urea groups is 1. The largest absolute Gasteiger partial charge is 0.325 e. The third-order valence-electron chi connectivity index (χ3n) is 3.19. The van der Waals surface area contributed by atoms with E-state index in [1.165, 1.54) is 24.0 Å². The SMILES string of the molecule is CC(=O)Nc1ccc(NC(=O)N(C)Cc2cccc(F)c2)cc1Cl. The van der Waals surface area contributed by atoms with Crippen molar-refractivity contribution in [2.45, 2.75) is 13.5 Å². The molecule has 0 aliphatic heterocycles. The number of carbonyl (C=O) groups excluding carboxylic acids is 2. The first-order valence-corrected chi connectivity index (χ1v) is 7.56. The van der Waals surface area contributed by atoms with Crippen LogP contribution < -0.4 is 10.6 Å². The molecule has 2 N–H and O–H groups in total.